The van der Waals surface area contributed by atoms with Crippen LogP contribution in [0.15, 0.2) is 37.1 Å². The number of allylic oxidation sites excluding steroid dienone is 2. The summed E-state index contributed by atoms with van der Waals surface area (Å²) in [6.07, 6.45) is 1.66. The minimum atomic E-state index is -0.491. The molecule has 0 aliphatic heterocycles. The van der Waals surface area contributed by atoms with Crippen molar-refractivity contribution in [1.82, 2.24) is 0 Å². The van der Waals surface area contributed by atoms with Crippen LogP contribution in [0.3, 0.4) is 0 Å². The molecule has 0 radical (unpaired) electrons. The zero-order valence-corrected chi connectivity index (χ0v) is 8.96. The molecule has 3 nitrogen and oxygen atoms in total. The molecule has 0 aromatic heterocycles. The highest BCUT2D eigenvalue weighted by Gasteiger charge is 2.06. The minimum absolute atomic E-state index is 0.0301. The highest BCUT2D eigenvalue weighted by molar-refractivity contribution is 5.18. The summed E-state index contributed by atoms with van der Waals surface area (Å²) in [4.78, 5) is 9.47. The average molecular weight is 185 g/mol. The molecule has 0 saturated heterocycles. The predicted octanol–water partition coefficient (Wildman–Crippen LogP) is 3.57. The Morgan fingerprint density at radius 2 is 1.69 bits per heavy atom. The maximum atomic E-state index is 9.96. The lowest BCUT2D eigenvalue weighted by molar-refractivity contribution is -0.420. The van der Waals surface area contributed by atoms with Crippen molar-refractivity contribution in [3.05, 3.63) is 47.2 Å². The fourth-order valence-corrected chi connectivity index (χ4v) is 0.311. The molecule has 0 aromatic carbocycles. The number of rotatable bonds is 2. The Hall–Kier alpha value is -1.38. The molecule has 0 heterocycles. The van der Waals surface area contributed by atoms with Gasteiger partial charge in [-0.3, -0.25) is 10.1 Å². The first-order valence-electron chi connectivity index (χ1n) is 4.06. The van der Waals surface area contributed by atoms with Crippen molar-refractivity contribution in [3.63, 3.8) is 0 Å². The van der Waals surface area contributed by atoms with E-state index in [1.807, 2.05) is 13.8 Å². The molecule has 0 amide bonds. The predicted molar refractivity (Wildman–Crippen MR) is 58.2 cm³/mol. The Bertz CT molecular complexity index is 183. The van der Waals surface area contributed by atoms with Crippen molar-refractivity contribution in [2.75, 3.05) is 0 Å². The fourth-order valence-electron chi connectivity index (χ4n) is 0.311. The van der Waals surface area contributed by atoms with Crippen LogP contribution in [0.25, 0.3) is 0 Å². The largest absolute Gasteiger partial charge is 0.264 e. The fraction of sp³-hybridized carbons (Fsp3) is 0.400. The van der Waals surface area contributed by atoms with Gasteiger partial charge < -0.3 is 0 Å². The number of hydrogen-bond donors (Lipinski definition) is 0. The van der Waals surface area contributed by atoms with E-state index in [9.17, 15) is 10.1 Å². The Labute approximate surface area is 80.6 Å². The van der Waals surface area contributed by atoms with E-state index in [4.69, 9.17) is 0 Å². The molecule has 0 atom stereocenters. The topological polar surface area (TPSA) is 43.1 Å². The van der Waals surface area contributed by atoms with Gasteiger partial charge in [-0.25, -0.2) is 0 Å². The molecule has 0 fully saturated rings. The molecule has 0 N–H and O–H groups in total. The van der Waals surface area contributed by atoms with Gasteiger partial charge in [0.1, 0.15) is 0 Å². The first kappa shape index (κ1) is 17.6. The van der Waals surface area contributed by atoms with Crippen LogP contribution in [0.2, 0.25) is 0 Å². The first-order chi connectivity index (χ1) is 6.09. The molecule has 0 aliphatic carbocycles. The molecule has 0 bridgehead atoms. The Kier molecular flexibility index (Phi) is 17.9. The molecule has 0 rings (SSSR count). The molecule has 0 spiro atoms. The standard InChI is InChI=1S/C6H9NO2.C2H6.C2H4/c1-4-5(2)6(3)7(8)9;2*1-2/h4H,3H2,1-2H3;1-2H3;1-2H2/b5-4-;;. The Balaban J connectivity index is -0.000000218. The van der Waals surface area contributed by atoms with Crippen LogP contribution in [0, 0.1) is 10.1 Å². The summed E-state index contributed by atoms with van der Waals surface area (Å²) in [7, 11) is 0. The normalized spacial score (nSPS) is 8.46. The molecule has 13 heavy (non-hydrogen) atoms. The lowest BCUT2D eigenvalue weighted by Gasteiger charge is -1.91. The summed E-state index contributed by atoms with van der Waals surface area (Å²) >= 11 is 0. The van der Waals surface area contributed by atoms with Crippen molar-refractivity contribution in [2.45, 2.75) is 27.7 Å². The van der Waals surface area contributed by atoms with E-state index in [-0.39, 0.29) is 5.70 Å². The second-order valence-corrected chi connectivity index (χ2v) is 1.68. The van der Waals surface area contributed by atoms with Crippen LogP contribution in [0.4, 0.5) is 0 Å². The van der Waals surface area contributed by atoms with Crippen LogP contribution in [0.5, 0.6) is 0 Å². The van der Waals surface area contributed by atoms with Gasteiger partial charge in [0, 0.05) is 5.57 Å². The molecular weight excluding hydrogens is 166 g/mol. The van der Waals surface area contributed by atoms with Crippen molar-refractivity contribution in [2.24, 2.45) is 0 Å². The smallest absolute Gasteiger partial charge is 0.258 e. The van der Waals surface area contributed by atoms with Crippen molar-refractivity contribution in [1.29, 1.82) is 0 Å². The number of nitro groups is 1. The van der Waals surface area contributed by atoms with E-state index in [1.54, 1.807) is 19.9 Å². The highest BCUT2D eigenvalue weighted by Crippen LogP contribution is 2.05. The molecule has 0 aliphatic rings. The summed E-state index contributed by atoms with van der Waals surface area (Å²) in [6, 6.07) is 0. The van der Waals surface area contributed by atoms with Gasteiger partial charge in [0.15, 0.2) is 0 Å². The lowest BCUT2D eigenvalue weighted by atomic mass is 10.2. The van der Waals surface area contributed by atoms with Crippen molar-refractivity contribution < 1.29 is 4.92 Å². The van der Waals surface area contributed by atoms with Crippen LogP contribution >= 0.6 is 0 Å². The summed E-state index contributed by atoms with van der Waals surface area (Å²) < 4.78 is 0. The summed E-state index contributed by atoms with van der Waals surface area (Å²) in [5, 5.41) is 9.96. The van der Waals surface area contributed by atoms with Gasteiger partial charge >= 0.3 is 0 Å². The molecule has 3 heteroatoms. The average Bonchev–Trinajstić information content (AvgIpc) is 2.21. The molecule has 0 aromatic rings. The van der Waals surface area contributed by atoms with E-state index in [1.165, 1.54) is 0 Å². The molecule has 76 valence electrons. The van der Waals surface area contributed by atoms with Crippen LogP contribution in [0.1, 0.15) is 27.7 Å². The summed E-state index contributed by atoms with van der Waals surface area (Å²) in [5.74, 6) is 0. The number of hydrogen-bond acceptors (Lipinski definition) is 2. The highest BCUT2D eigenvalue weighted by atomic mass is 16.6. The maximum absolute atomic E-state index is 9.96. The first-order valence-corrected chi connectivity index (χ1v) is 4.06. The van der Waals surface area contributed by atoms with Gasteiger partial charge in [0.25, 0.3) is 5.70 Å². The maximum Gasteiger partial charge on any atom is 0.264 e. The Morgan fingerprint density at radius 3 is 1.77 bits per heavy atom. The van der Waals surface area contributed by atoms with Crippen LogP contribution < -0.4 is 0 Å². The number of nitrogens with zero attached hydrogens (tertiary/aromatic N) is 1. The third-order valence-electron chi connectivity index (χ3n) is 1.11. The van der Waals surface area contributed by atoms with Gasteiger partial charge in [0.05, 0.1) is 4.92 Å². The molecule has 0 unspecified atom stereocenters. The lowest BCUT2D eigenvalue weighted by Crippen LogP contribution is -1.96. The zero-order chi connectivity index (χ0) is 11.4. The third kappa shape index (κ3) is 10.6. The monoisotopic (exact) mass is 185 g/mol. The van der Waals surface area contributed by atoms with Crippen LogP contribution in [-0.4, -0.2) is 4.92 Å². The molecular formula is C10H19NO2. The van der Waals surface area contributed by atoms with E-state index in [0.717, 1.165) is 0 Å². The van der Waals surface area contributed by atoms with E-state index in [2.05, 4.69) is 19.7 Å². The van der Waals surface area contributed by atoms with Gasteiger partial charge in [-0.1, -0.05) is 19.9 Å². The summed E-state index contributed by atoms with van der Waals surface area (Å²) in [6.45, 7) is 16.7. The SMILES string of the molecule is C=C.C=C(/C(C)=C\C)[N+](=O)[O-].CC. The van der Waals surface area contributed by atoms with E-state index >= 15 is 0 Å². The second-order valence-electron chi connectivity index (χ2n) is 1.68. The quantitative estimate of drug-likeness (QED) is 0.285. The summed E-state index contributed by atoms with van der Waals surface area (Å²) in [5.41, 5.74) is 0.581. The minimum Gasteiger partial charge on any atom is -0.258 e. The van der Waals surface area contributed by atoms with Gasteiger partial charge in [-0.2, -0.15) is 0 Å². The third-order valence-corrected chi connectivity index (χ3v) is 1.11. The molecule has 0 saturated carbocycles. The van der Waals surface area contributed by atoms with Gasteiger partial charge in [-0.15, -0.1) is 13.2 Å². The van der Waals surface area contributed by atoms with Gasteiger partial charge in [0.2, 0.25) is 0 Å². The van der Waals surface area contributed by atoms with E-state index < -0.39 is 4.92 Å². The van der Waals surface area contributed by atoms with Crippen molar-refractivity contribution >= 4 is 0 Å². The van der Waals surface area contributed by atoms with Gasteiger partial charge in [-0.05, 0) is 20.4 Å². The Morgan fingerprint density at radius 1 is 1.38 bits per heavy atom. The second kappa shape index (κ2) is 13.2. The van der Waals surface area contributed by atoms with E-state index in [0.29, 0.717) is 5.57 Å². The van der Waals surface area contributed by atoms with Crippen molar-refractivity contribution in [3.8, 4) is 0 Å². The van der Waals surface area contributed by atoms with Crippen LogP contribution in [-0.2, 0) is 0 Å². The zero-order valence-electron chi connectivity index (χ0n) is 8.96.